The lowest BCUT2D eigenvalue weighted by atomic mass is 10.1. The van der Waals surface area contributed by atoms with Gasteiger partial charge in [-0.3, -0.25) is 0 Å². The Morgan fingerprint density at radius 3 is 2.61 bits per heavy atom. The summed E-state index contributed by atoms with van der Waals surface area (Å²) in [6.45, 7) is 5.81. The van der Waals surface area contributed by atoms with Crippen LogP contribution in [0.2, 0.25) is 10.0 Å². The molecule has 2 nitrogen and oxygen atoms in total. The quantitative estimate of drug-likeness (QED) is 0.745. The highest BCUT2D eigenvalue weighted by molar-refractivity contribution is 6.35. The van der Waals surface area contributed by atoms with Crippen molar-refractivity contribution in [2.24, 2.45) is 5.92 Å². The van der Waals surface area contributed by atoms with E-state index in [1.54, 1.807) is 6.07 Å². The first-order valence-electron chi connectivity index (χ1n) is 6.30. The van der Waals surface area contributed by atoms with Crippen molar-refractivity contribution >= 4 is 23.2 Å². The van der Waals surface area contributed by atoms with Gasteiger partial charge in [-0.25, -0.2) is 0 Å². The molecule has 0 radical (unpaired) electrons. The summed E-state index contributed by atoms with van der Waals surface area (Å²) < 4.78 is 5.80. The van der Waals surface area contributed by atoms with E-state index in [1.807, 2.05) is 13.1 Å². The maximum atomic E-state index is 6.17. The fourth-order valence-corrected chi connectivity index (χ4v) is 2.35. The highest BCUT2D eigenvalue weighted by atomic mass is 35.5. The maximum Gasteiger partial charge on any atom is 0.142 e. The smallest absolute Gasteiger partial charge is 0.142 e. The van der Waals surface area contributed by atoms with Gasteiger partial charge in [-0.05, 0) is 37.9 Å². The minimum absolute atomic E-state index is 0.581. The Balaban J connectivity index is 2.67. The molecule has 0 saturated heterocycles. The molecule has 0 heterocycles. The van der Waals surface area contributed by atoms with E-state index >= 15 is 0 Å². The molecule has 4 heteroatoms. The van der Waals surface area contributed by atoms with E-state index in [-0.39, 0.29) is 0 Å². The predicted molar refractivity (Wildman–Crippen MR) is 78.8 cm³/mol. The molecule has 0 atom stereocenters. The lowest BCUT2D eigenvalue weighted by Gasteiger charge is -2.14. The third-order valence-corrected chi connectivity index (χ3v) is 3.12. The van der Waals surface area contributed by atoms with Gasteiger partial charge in [-0.2, -0.15) is 0 Å². The fraction of sp³-hybridized carbons (Fsp3) is 0.571. The van der Waals surface area contributed by atoms with Crippen molar-refractivity contribution < 1.29 is 4.74 Å². The highest BCUT2D eigenvalue weighted by Crippen LogP contribution is 2.32. The Labute approximate surface area is 120 Å². The summed E-state index contributed by atoms with van der Waals surface area (Å²) in [6, 6.07) is 3.61. The SMILES string of the molecule is CNCc1cc(Cl)cc(Cl)c1OCCCC(C)C. The Kier molecular flexibility index (Phi) is 6.83. The zero-order chi connectivity index (χ0) is 13.5. The molecular weight excluding hydrogens is 269 g/mol. The minimum Gasteiger partial charge on any atom is -0.492 e. The van der Waals surface area contributed by atoms with Crippen molar-refractivity contribution in [3.05, 3.63) is 27.7 Å². The minimum atomic E-state index is 0.581. The predicted octanol–water partition coefficient (Wildman–Crippen LogP) is 4.53. The highest BCUT2D eigenvalue weighted by Gasteiger charge is 2.10. The molecule has 0 saturated carbocycles. The molecule has 0 aliphatic rings. The normalized spacial score (nSPS) is 11.0. The Hall–Kier alpha value is -0.440. The van der Waals surface area contributed by atoms with E-state index in [1.165, 1.54) is 0 Å². The molecule has 0 spiro atoms. The van der Waals surface area contributed by atoms with Crippen LogP contribution in [0.3, 0.4) is 0 Å². The molecule has 1 rings (SSSR count). The van der Waals surface area contributed by atoms with E-state index in [0.717, 1.165) is 24.2 Å². The van der Waals surface area contributed by atoms with Crippen LogP contribution < -0.4 is 10.1 Å². The van der Waals surface area contributed by atoms with Gasteiger partial charge >= 0.3 is 0 Å². The molecule has 0 amide bonds. The van der Waals surface area contributed by atoms with Gasteiger partial charge in [0.15, 0.2) is 0 Å². The van der Waals surface area contributed by atoms with Crippen LogP contribution in [0.25, 0.3) is 0 Å². The fourth-order valence-electron chi connectivity index (χ4n) is 1.76. The molecule has 0 unspecified atom stereocenters. The van der Waals surface area contributed by atoms with Crippen LogP contribution in [0.1, 0.15) is 32.3 Å². The summed E-state index contributed by atoms with van der Waals surface area (Å²) in [6.07, 6.45) is 2.20. The molecule has 0 aliphatic carbocycles. The van der Waals surface area contributed by atoms with Crippen molar-refractivity contribution in [3.8, 4) is 5.75 Å². The van der Waals surface area contributed by atoms with E-state index in [0.29, 0.717) is 29.1 Å². The van der Waals surface area contributed by atoms with Gasteiger partial charge in [-0.15, -0.1) is 0 Å². The second-order valence-corrected chi connectivity index (χ2v) is 5.63. The van der Waals surface area contributed by atoms with Crippen LogP contribution >= 0.6 is 23.2 Å². The summed E-state index contributed by atoms with van der Waals surface area (Å²) in [7, 11) is 1.89. The van der Waals surface area contributed by atoms with Crippen molar-refractivity contribution in [3.63, 3.8) is 0 Å². The average molecular weight is 290 g/mol. The third kappa shape index (κ3) is 5.05. The van der Waals surface area contributed by atoms with Gasteiger partial charge in [-0.1, -0.05) is 37.0 Å². The maximum absolute atomic E-state index is 6.17. The zero-order valence-corrected chi connectivity index (χ0v) is 12.7. The van der Waals surface area contributed by atoms with Crippen molar-refractivity contribution in [1.29, 1.82) is 0 Å². The number of ether oxygens (including phenoxy) is 1. The summed E-state index contributed by atoms with van der Waals surface area (Å²) in [5, 5.41) is 4.31. The monoisotopic (exact) mass is 289 g/mol. The van der Waals surface area contributed by atoms with Gasteiger partial charge in [0.25, 0.3) is 0 Å². The summed E-state index contributed by atoms with van der Waals surface area (Å²) in [5.41, 5.74) is 1.000. The molecule has 18 heavy (non-hydrogen) atoms. The third-order valence-electron chi connectivity index (χ3n) is 2.62. The van der Waals surface area contributed by atoms with Crippen LogP contribution in [0.5, 0.6) is 5.75 Å². The van der Waals surface area contributed by atoms with E-state index in [2.05, 4.69) is 19.2 Å². The van der Waals surface area contributed by atoms with Crippen LogP contribution in [-0.4, -0.2) is 13.7 Å². The number of hydrogen-bond donors (Lipinski definition) is 1. The summed E-state index contributed by atoms with van der Waals surface area (Å²) in [4.78, 5) is 0. The number of hydrogen-bond acceptors (Lipinski definition) is 2. The summed E-state index contributed by atoms with van der Waals surface area (Å²) >= 11 is 12.2. The molecule has 1 aromatic carbocycles. The molecule has 0 bridgehead atoms. The number of benzene rings is 1. The number of halogens is 2. The second kappa shape index (κ2) is 7.88. The Morgan fingerprint density at radius 1 is 1.28 bits per heavy atom. The van der Waals surface area contributed by atoms with E-state index in [9.17, 15) is 0 Å². The molecule has 1 N–H and O–H groups in total. The molecule has 102 valence electrons. The van der Waals surface area contributed by atoms with Crippen molar-refractivity contribution in [2.75, 3.05) is 13.7 Å². The number of nitrogens with one attached hydrogen (secondary N) is 1. The van der Waals surface area contributed by atoms with Gasteiger partial charge in [0.1, 0.15) is 5.75 Å². The number of rotatable bonds is 7. The summed E-state index contributed by atoms with van der Waals surface area (Å²) in [5.74, 6) is 1.45. The van der Waals surface area contributed by atoms with E-state index < -0.39 is 0 Å². The van der Waals surface area contributed by atoms with Crippen molar-refractivity contribution in [1.82, 2.24) is 5.32 Å². The van der Waals surface area contributed by atoms with Crippen LogP contribution in [0.15, 0.2) is 12.1 Å². The topological polar surface area (TPSA) is 21.3 Å². The van der Waals surface area contributed by atoms with Crippen LogP contribution in [0.4, 0.5) is 0 Å². The lowest BCUT2D eigenvalue weighted by molar-refractivity contribution is 0.294. The molecule has 1 aromatic rings. The lowest BCUT2D eigenvalue weighted by Crippen LogP contribution is -2.09. The van der Waals surface area contributed by atoms with Gasteiger partial charge in [0.2, 0.25) is 0 Å². The molecule has 0 fully saturated rings. The van der Waals surface area contributed by atoms with E-state index in [4.69, 9.17) is 27.9 Å². The van der Waals surface area contributed by atoms with Gasteiger partial charge in [0.05, 0.1) is 11.6 Å². The average Bonchev–Trinajstić information content (AvgIpc) is 2.26. The van der Waals surface area contributed by atoms with Crippen molar-refractivity contribution in [2.45, 2.75) is 33.2 Å². The zero-order valence-electron chi connectivity index (χ0n) is 11.2. The first-order chi connectivity index (χ1) is 8.54. The van der Waals surface area contributed by atoms with Gasteiger partial charge < -0.3 is 10.1 Å². The Bertz CT molecular complexity index is 380. The standard InChI is InChI=1S/C14H21Cl2NO/c1-10(2)5-4-6-18-14-11(9-17-3)7-12(15)8-13(14)16/h7-8,10,17H,4-6,9H2,1-3H3. The van der Waals surface area contributed by atoms with Gasteiger partial charge in [0, 0.05) is 17.1 Å². The Morgan fingerprint density at radius 2 is 2.00 bits per heavy atom. The second-order valence-electron chi connectivity index (χ2n) is 4.79. The molecular formula is C14H21Cl2NO. The first kappa shape index (κ1) is 15.6. The van der Waals surface area contributed by atoms with Crippen LogP contribution in [-0.2, 0) is 6.54 Å². The first-order valence-corrected chi connectivity index (χ1v) is 7.05. The largest absolute Gasteiger partial charge is 0.492 e. The molecule has 0 aliphatic heterocycles. The molecule has 0 aromatic heterocycles. The van der Waals surface area contributed by atoms with Crippen LogP contribution in [0, 0.1) is 5.92 Å².